The molecule has 0 saturated heterocycles. The fourth-order valence-electron chi connectivity index (χ4n) is 1.58. The standard InChI is InChI=1S/C13H16F2O4/c1-4-18-9-5-10(14)13(11(15)6-9)12(17-3)7-19-8(2)16/h5-6,12H,4,7H2,1-3H3. The molecule has 0 N–H and O–H groups in total. The summed E-state index contributed by atoms with van der Waals surface area (Å²) in [6.07, 6.45) is -1.00. The number of halogens is 2. The molecule has 6 heteroatoms. The minimum absolute atomic E-state index is 0.101. The van der Waals surface area contributed by atoms with Gasteiger partial charge in [0.2, 0.25) is 0 Å². The summed E-state index contributed by atoms with van der Waals surface area (Å²) in [4.78, 5) is 10.7. The van der Waals surface area contributed by atoms with Crippen molar-refractivity contribution in [2.24, 2.45) is 0 Å². The number of hydrogen-bond donors (Lipinski definition) is 0. The molecule has 0 aliphatic rings. The first-order chi connectivity index (χ1) is 8.99. The van der Waals surface area contributed by atoms with Gasteiger partial charge in [-0.15, -0.1) is 0 Å². The predicted molar refractivity (Wildman–Crippen MR) is 63.9 cm³/mol. The number of esters is 1. The topological polar surface area (TPSA) is 44.8 Å². The van der Waals surface area contributed by atoms with E-state index in [0.717, 1.165) is 12.1 Å². The van der Waals surface area contributed by atoms with E-state index in [2.05, 4.69) is 0 Å². The molecule has 0 aliphatic carbocycles. The molecule has 0 heterocycles. The lowest BCUT2D eigenvalue weighted by Crippen LogP contribution is -2.15. The molecular weight excluding hydrogens is 258 g/mol. The van der Waals surface area contributed by atoms with Gasteiger partial charge in [0.1, 0.15) is 30.1 Å². The van der Waals surface area contributed by atoms with Crippen molar-refractivity contribution in [3.05, 3.63) is 29.3 Å². The highest BCUT2D eigenvalue weighted by atomic mass is 19.1. The van der Waals surface area contributed by atoms with Gasteiger partial charge in [-0.25, -0.2) is 8.78 Å². The minimum atomic E-state index is -1.00. The van der Waals surface area contributed by atoms with Crippen LogP contribution in [0.25, 0.3) is 0 Å². The molecule has 106 valence electrons. The molecule has 0 aliphatic heterocycles. The van der Waals surface area contributed by atoms with Gasteiger partial charge < -0.3 is 14.2 Å². The highest BCUT2D eigenvalue weighted by molar-refractivity contribution is 5.65. The van der Waals surface area contributed by atoms with Gasteiger partial charge in [-0.05, 0) is 6.92 Å². The van der Waals surface area contributed by atoms with Crippen LogP contribution in [0.1, 0.15) is 25.5 Å². The van der Waals surface area contributed by atoms with Crippen LogP contribution in [0.3, 0.4) is 0 Å². The van der Waals surface area contributed by atoms with Gasteiger partial charge >= 0.3 is 5.97 Å². The van der Waals surface area contributed by atoms with Crippen molar-refractivity contribution < 1.29 is 27.8 Å². The minimum Gasteiger partial charge on any atom is -0.494 e. The number of benzene rings is 1. The Balaban J connectivity index is 3.00. The van der Waals surface area contributed by atoms with Crippen molar-refractivity contribution in [2.75, 3.05) is 20.3 Å². The highest BCUT2D eigenvalue weighted by Crippen LogP contribution is 2.28. The first-order valence-corrected chi connectivity index (χ1v) is 5.77. The van der Waals surface area contributed by atoms with Crippen LogP contribution in [-0.2, 0) is 14.3 Å². The second kappa shape index (κ2) is 7.04. The van der Waals surface area contributed by atoms with Crippen LogP contribution in [0.5, 0.6) is 5.75 Å². The fraction of sp³-hybridized carbons (Fsp3) is 0.462. The highest BCUT2D eigenvalue weighted by Gasteiger charge is 2.22. The van der Waals surface area contributed by atoms with Crippen molar-refractivity contribution >= 4 is 5.97 Å². The van der Waals surface area contributed by atoms with Gasteiger partial charge in [-0.3, -0.25) is 4.79 Å². The van der Waals surface area contributed by atoms with E-state index >= 15 is 0 Å². The Bertz CT molecular complexity index is 425. The lowest BCUT2D eigenvalue weighted by atomic mass is 10.1. The van der Waals surface area contributed by atoms with Gasteiger partial charge in [0.25, 0.3) is 0 Å². The Morgan fingerprint density at radius 1 is 1.32 bits per heavy atom. The van der Waals surface area contributed by atoms with Crippen LogP contribution >= 0.6 is 0 Å². The zero-order chi connectivity index (χ0) is 14.4. The Hall–Kier alpha value is -1.69. The van der Waals surface area contributed by atoms with E-state index in [1.54, 1.807) is 6.92 Å². The normalized spacial score (nSPS) is 12.1. The van der Waals surface area contributed by atoms with Crippen LogP contribution in [0.15, 0.2) is 12.1 Å². The van der Waals surface area contributed by atoms with Crippen LogP contribution in [0.4, 0.5) is 8.78 Å². The third-order valence-corrected chi connectivity index (χ3v) is 2.41. The summed E-state index contributed by atoms with van der Waals surface area (Å²) in [5.74, 6) is -2.05. The van der Waals surface area contributed by atoms with E-state index in [1.165, 1.54) is 14.0 Å². The number of carbonyl (C=O) groups is 1. The summed E-state index contributed by atoms with van der Waals surface area (Å²) < 4.78 is 42.4. The van der Waals surface area contributed by atoms with E-state index in [4.69, 9.17) is 14.2 Å². The third kappa shape index (κ3) is 4.17. The predicted octanol–water partition coefficient (Wildman–Crippen LogP) is 2.61. The molecule has 19 heavy (non-hydrogen) atoms. The van der Waals surface area contributed by atoms with E-state index in [0.29, 0.717) is 6.61 Å². The fourth-order valence-corrected chi connectivity index (χ4v) is 1.58. The quantitative estimate of drug-likeness (QED) is 0.748. The molecule has 1 atom stereocenters. The maximum absolute atomic E-state index is 13.9. The third-order valence-electron chi connectivity index (χ3n) is 2.41. The lowest BCUT2D eigenvalue weighted by molar-refractivity contribution is -0.144. The Kier molecular flexibility index (Phi) is 5.69. The molecule has 0 amide bonds. The molecule has 0 spiro atoms. The maximum Gasteiger partial charge on any atom is 0.302 e. The van der Waals surface area contributed by atoms with Gasteiger partial charge in [0.05, 0.1) is 12.2 Å². The van der Waals surface area contributed by atoms with Crippen LogP contribution in [0.2, 0.25) is 0 Å². The second-order valence-electron chi connectivity index (χ2n) is 3.76. The summed E-state index contributed by atoms with van der Waals surface area (Å²) in [5.41, 5.74) is -0.285. The Labute approximate surface area is 110 Å². The van der Waals surface area contributed by atoms with E-state index in [-0.39, 0.29) is 17.9 Å². The average molecular weight is 274 g/mol. The van der Waals surface area contributed by atoms with Gasteiger partial charge in [0.15, 0.2) is 0 Å². The van der Waals surface area contributed by atoms with Crippen LogP contribution in [-0.4, -0.2) is 26.3 Å². The average Bonchev–Trinajstić information content (AvgIpc) is 2.32. The SMILES string of the molecule is CCOc1cc(F)c(C(COC(C)=O)OC)c(F)c1. The number of ether oxygens (including phenoxy) is 3. The molecule has 1 aromatic rings. The second-order valence-corrected chi connectivity index (χ2v) is 3.76. The van der Waals surface area contributed by atoms with Crippen molar-refractivity contribution in [1.29, 1.82) is 0 Å². The molecule has 4 nitrogen and oxygen atoms in total. The molecule has 1 aromatic carbocycles. The Morgan fingerprint density at radius 3 is 2.32 bits per heavy atom. The zero-order valence-electron chi connectivity index (χ0n) is 11.0. The van der Waals surface area contributed by atoms with Crippen molar-refractivity contribution in [2.45, 2.75) is 20.0 Å². The number of carbonyl (C=O) groups excluding carboxylic acids is 1. The van der Waals surface area contributed by atoms with Crippen molar-refractivity contribution in [3.63, 3.8) is 0 Å². The summed E-state index contributed by atoms with van der Waals surface area (Å²) in [5, 5.41) is 0. The molecule has 0 fully saturated rings. The van der Waals surface area contributed by atoms with Gasteiger partial charge in [0, 0.05) is 26.2 Å². The number of rotatable bonds is 6. The van der Waals surface area contributed by atoms with Crippen LogP contribution < -0.4 is 4.74 Å². The Morgan fingerprint density at radius 2 is 1.89 bits per heavy atom. The van der Waals surface area contributed by atoms with Crippen LogP contribution in [0, 0.1) is 11.6 Å². The molecule has 1 unspecified atom stereocenters. The lowest BCUT2D eigenvalue weighted by Gasteiger charge is -2.17. The van der Waals surface area contributed by atoms with E-state index in [1.807, 2.05) is 0 Å². The number of methoxy groups -OCH3 is 1. The summed E-state index contributed by atoms with van der Waals surface area (Å²) in [6.45, 7) is 2.97. The smallest absolute Gasteiger partial charge is 0.302 e. The molecular formula is C13H16F2O4. The monoisotopic (exact) mass is 274 g/mol. The molecule has 0 saturated carbocycles. The summed E-state index contributed by atoms with van der Waals surface area (Å²) >= 11 is 0. The summed E-state index contributed by atoms with van der Waals surface area (Å²) in [6, 6.07) is 2.14. The first-order valence-electron chi connectivity index (χ1n) is 5.77. The molecule has 1 rings (SSSR count). The first kappa shape index (κ1) is 15.4. The van der Waals surface area contributed by atoms with Crippen molar-refractivity contribution in [3.8, 4) is 5.75 Å². The largest absolute Gasteiger partial charge is 0.494 e. The summed E-state index contributed by atoms with van der Waals surface area (Å²) in [7, 11) is 1.28. The molecule has 0 aromatic heterocycles. The van der Waals surface area contributed by atoms with E-state index in [9.17, 15) is 13.6 Å². The maximum atomic E-state index is 13.9. The van der Waals surface area contributed by atoms with Gasteiger partial charge in [-0.1, -0.05) is 0 Å². The molecule has 0 radical (unpaired) electrons. The van der Waals surface area contributed by atoms with Gasteiger partial charge in [-0.2, -0.15) is 0 Å². The number of hydrogen-bond acceptors (Lipinski definition) is 4. The zero-order valence-corrected chi connectivity index (χ0v) is 11.0. The van der Waals surface area contributed by atoms with E-state index < -0.39 is 23.7 Å². The molecule has 0 bridgehead atoms. The van der Waals surface area contributed by atoms with Crippen molar-refractivity contribution in [1.82, 2.24) is 0 Å².